The van der Waals surface area contributed by atoms with Crippen molar-refractivity contribution in [2.45, 2.75) is 38.5 Å². The van der Waals surface area contributed by atoms with Crippen LogP contribution < -0.4 is 5.32 Å². The van der Waals surface area contributed by atoms with Crippen LogP contribution in [0.5, 0.6) is 0 Å². The van der Waals surface area contributed by atoms with Crippen LogP contribution in [-0.2, 0) is 11.3 Å². The maximum absolute atomic E-state index is 5.81. The second-order valence-electron chi connectivity index (χ2n) is 7.44. The largest absolute Gasteiger partial charge is 0.465 e. The van der Waals surface area contributed by atoms with Gasteiger partial charge in [0.2, 0.25) is 0 Å². The minimum Gasteiger partial charge on any atom is -0.465 e. The fraction of sp³-hybridized carbons (Fsp3) is 0.550. The van der Waals surface area contributed by atoms with Gasteiger partial charge in [0.15, 0.2) is 0 Å². The molecule has 2 aromatic heterocycles. The molecule has 0 spiro atoms. The average molecular weight is 341 g/mol. The molecular weight excluding hydrogens is 314 g/mol. The number of ether oxygens (including phenoxy) is 1. The van der Waals surface area contributed by atoms with Crippen LogP contribution in [0.4, 0.5) is 5.82 Å². The first-order valence-electron chi connectivity index (χ1n) is 9.19. The number of likely N-dealkylation sites (tertiary alicyclic amines) is 1. The van der Waals surface area contributed by atoms with E-state index in [2.05, 4.69) is 21.3 Å². The molecular formula is C20H27N3O2. The molecule has 0 bridgehead atoms. The van der Waals surface area contributed by atoms with E-state index in [1.807, 2.05) is 44.5 Å². The summed E-state index contributed by atoms with van der Waals surface area (Å²) in [6.07, 6.45) is 4.32. The highest BCUT2D eigenvalue weighted by Gasteiger charge is 2.42. The van der Waals surface area contributed by atoms with Crippen molar-refractivity contribution in [2.75, 3.05) is 25.5 Å². The molecule has 1 aliphatic heterocycles. The molecule has 0 radical (unpaired) electrons. The van der Waals surface area contributed by atoms with Crippen LogP contribution in [0.3, 0.4) is 0 Å². The molecule has 0 aromatic carbocycles. The Balaban J connectivity index is 1.40. The normalized spacial score (nSPS) is 29.5. The van der Waals surface area contributed by atoms with E-state index >= 15 is 0 Å². The molecule has 1 aliphatic carbocycles. The molecule has 2 aliphatic rings. The molecule has 4 atom stereocenters. The minimum absolute atomic E-state index is 0.245. The summed E-state index contributed by atoms with van der Waals surface area (Å²) in [7, 11) is 1.83. The van der Waals surface area contributed by atoms with Crippen LogP contribution >= 0.6 is 0 Å². The molecule has 2 fully saturated rings. The molecule has 1 saturated carbocycles. The summed E-state index contributed by atoms with van der Waals surface area (Å²) in [6, 6.07) is 10.5. The van der Waals surface area contributed by atoms with Gasteiger partial charge in [0.25, 0.3) is 0 Å². The van der Waals surface area contributed by atoms with Gasteiger partial charge < -0.3 is 14.5 Å². The number of aromatic nitrogens is 1. The van der Waals surface area contributed by atoms with Gasteiger partial charge in [0.05, 0.1) is 18.7 Å². The summed E-state index contributed by atoms with van der Waals surface area (Å²) in [5.74, 6) is 4.42. The summed E-state index contributed by atoms with van der Waals surface area (Å²) in [5.41, 5.74) is 0. The van der Waals surface area contributed by atoms with E-state index < -0.39 is 0 Å². The lowest BCUT2D eigenvalue weighted by Crippen LogP contribution is -2.44. The van der Waals surface area contributed by atoms with Gasteiger partial charge in [0.1, 0.15) is 17.3 Å². The standard InChI is InChI=1S/C20H27N3O2/c1-14-6-7-17(25-14)13-23-11-15-9-18(19(24-2)10-16(15)12-23)22-20-5-3-4-8-21-20/h3-8,15-16,18-19H,9-13H2,1-2H3,(H,21,22)/t15-,16+,18-,19-/m1/s1. The third kappa shape index (κ3) is 3.72. The average Bonchev–Trinajstić information content (AvgIpc) is 3.20. The molecule has 3 heterocycles. The number of rotatable bonds is 5. The van der Waals surface area contributed by atoms with Crippen molar-refractivity contribution in [1.29, 1.82) is 0 Å². The Kier molecular flexibility index (Phi) is 4.77. The second-order valence-corrected chi connectivity index (χ2v) is 7.44. The third-order valence-electron chi connectivity index (χ3n) is 5.67. The zero-order valence-electron chi connectivity index (χ0n) is 15.0. The minimum atomic E-state index is 0.245. The van der Waals surface area contributed by atoms with Crippen LogP contribution in [0.2, 0.25) is 0 Å². The van der Waals surface area contributed by atoms with Crippen LogP contribution in [-0.4, -0.2) is 42.2 Å². The number of furan rings is 1. The number of methoxy groups -OCH3 is 1. The highest BCUT2D eigenvalue weighted by molar-refractivity contribution is 5.35. The summed E-state index contributed by atoms with van der Waals surface area (Å²) in [6.45, 7) is 5.20. The van der Waals surface area contributed by atoms with Gasteiger partial charge in [-0.1, -0.05) is 6.07 Å². The highest BCUT2D eigenvalue weighted by atomic mass is 16.5. The van der Waals surface area contributed by atoms with Crippen molar-refractivity contribution in [3.8, 4) is 0 Å². The number of hydrogen-bond donors (Lipinski definition) is 1. The Hall–Kier alpha value is -1.85. The zero-order valence-corrected chi connectivity index (χ0v) is 15.0. The monoisotopic (exact) mass is 341 g/mol. The molecule has 0 amide bonds. The number of fused-ring (bicyclic) bond motifs is 1. The van der Waals surface area contributed by atoms with Crippen LogP contribution in [0.15, 0.2) is 40.9 Å². The van der Waals surface area contributed by atoms with Crippen molar-refractivity contribution in [1.82, 2.24) is 9.88 Å². The number of anilines is 1. The maximum Gasteiger partial charge on any atom is 0.126 e. The quantitative estimate of drug-likeness (QED) is 0.904. The molecule has 5 heteroatoms. The smallest absolute Gasteiger partial charge is 0.126 e. The van der Waals surface area contributed by atoms with Crippen molar-refractivity contribution >= 4 is 5.82 Å². The Morgan fingerprint density at radius 3 is 2.72 bits per heavy atom. The van der Waals surface area contributed by atoms with Gasteiger partial charge >= 0.3 is 0 Å². The molecule has 2 aromatic rings. The van der Waals surface area contributed by atoms with Crippen molar-refractivity contribution in [3.05, 3.63) is 48.0 Å². The zero-order chi connectivity index (χ0) is 17.2. The lowest BCUT2D eigenvalue weighted by atomic mass is 9.77. The van der Waals surface area contributed by atoms with Crippen molar-refractivity contribution in [2.24, 2.45) is 11.8 Å². The number of hydrogen-bond acceptors (Lipinski definition) is 5. The Labute approximate surface area is 149 Å². The van der Waals surface area contributed by atoms with E-state index in [1.54, 1.807) is 0 Å². The number of nitrogens with one attached hydrogen (secondary N) is 1. The molecule has 4 rings (SSSR count). The van der Waals surface area contributed by atoms with E-state index in [9.17, 15) is 0 Å². The molecule has 1 saturated heterocycles. The Morgan fingerprint density at radius 1 is 1.20 bits per heavy atom. The summed E-state index contributed by atoms with van der Waals surface area (Å²) in [4.78, 5) is 6.94. The van der Waals surface area contributed by atoms with Crippen LogP contribution in [0.1, 0.15) is 24.4 Å². The third-order valence-corrected chi connectivity index (χ3v) is 5.67. The van der Waals surface area contributed by atoms with Gasteiger partial charge in [0, 0.05) is 26.4 Å². The SMILES string of the molecule is CO[C@@H]1C[C@H]2CN(Cc3ccc(C)o3)C[C@H]2C[C@H]1Nc1ccccn1. The summed E-state index contributed by atoms with van der Waals surface area (Å²) < 4.78 is 11.6. The van der Waals surface area contributed by atoms with E-state index in [4.69, 9.17) is 9.15 Å². The lowest BCUT2D eigenvalue weighted by Gasteiger charge is -2.37. The predicted octanol–water partition coefficient (Wildman–Crippen LogP) is 3.32. The first-order valence-corrected chi connectivity index (χ1v) is 9.19. The molecule has 0 unspecified atom stereocenters. The fourth-order valence-corrected chi connectivity index (χ4v) is 4.48. The molecule has 5 nitrogen and oxygen atoms in total. The molecule has 25 heavy (non-hydrogen) atoms. The van der Waals surface area contributed by atoms with Gasteiger partial charge in [-0.2, -0.15) is 0 Å². The second kappa shape index (κ2) is 7.18. The topological polar surface area (TPSA) is 50.5 Å². The molecule has 1 N–H and O–H groups in total. The maximum atomic E-state index is 5.81. The first kappa shape index (κ1) is 16.6. The van der Waals surface area contributed by atoms with E-state index in [-0.39, 0.29) is 6.10 Å². The Morgan fingerprint density at radius 2 is 2.04 bits per heavy atom. The van der Waals surface area contributed by atoms with Crippen LogP contribution in [0.25, 0.3) is 0 Å². The highest BCUT2D eigenvalue weighted by Crippen LogP contribution is 2.38. The van der Waals surface area contributed by atoms with E-state index in [1.165, 1.54) is 0 Å². The summed E-state index contributed by atoms with van der Waals surface area (Å²) in [5, 5.41) is 3.59. The predicted molar refractivity (Wildman–Crippen MR) is 97.4 cm³/mol. The van der Waals surface area contributed by atoms with Gasteiger partial charge in [-0.3, -0.25) is 4.90 Å². The first-order chi connectivity index (χ1) is 12.2. The van der Waals surface area contributed by atoms with Crippen LogP contribution in [0, 0.1) is 18.8 Å². The molecule has 134 valence electrons. The number of pyridine rings is 1. The summed E-state index contributed by atoms with van der Waals surface area (Å²) >= 11 is 0. The van der Waals surface area contributed by atoms with E-state index in [0.29, 0.717) is 17.9 Å². The lowest BCUT2D eigenvalue weighted by molar-refractivity contribution is 0.0304. The van der Waals surface area contributed by atoms with Gasteiger partial charge in [-0.25, -0.2) is 4.98 Å². The number of aryl methyl sites for hydroxylation is 1. The van der Waals surface area contributed by atoms with E-state index in [0.717, 1.165) is 49.8 Å². The number of nitrogens with zero attached hydrogens (tertiary/aromatic N) is 2. The van der Waals surface area contributed by atoms with Gasteiger partial charge in [-0.05, 0) is 55.9 Å². The Bertz CT molecular complexity index is 687. The van der Waals surface area contributed by atoms with Crippen molar-refractivity contribution in [3.63, 3.8) is 0 Å². The van der Waals surface area contributed by atoms with Crippen molar-refractivity contribution < 1.29 is 9.15 Å². The fourth-order valence-electron chi connectivity index (χ4n) is 4.48. The van der Waals surface area contributed by atoms with Gasteiger partial charge in [-0.15, -0.1) is 0 Å².